The van der Waals surface area contributed by atoms with Gasteiger partial charge in [-0.25, -0.2) is 8.42 Å². The molecule has 3 nitrogen and oxygen atoms in total. The molecular formula is C25H29NO2S. The summed E-state index contributed by atoms with van der Waals surface area (Å²) >= 11 is 0. The Hall–Kier alpha value is -2.17. The molecule has 0 N–H and O–H groups in total. The molecule has 0 spiro atoms. The maximum Gasteiger partial charge on any atom is 0.160 e. The summed E-state index contributed by atoms with van der Waals surface area (Å²) in [4.78, 5) is 2.10. The van der Waals surface area contributed by atoms with Crippen molar-refractivity contribution in [3.63, 3.8) is 0 Å². The highest BCUT2D eigenvalue weighted by atomic mass is 32.2. The molecule has 2 aliphatic rings. The SMILES string of the molecule is CN(C)CCC=CCS(=O)(=O)[C@@H]1CCC=c2ccc3c(c21)CC=c1ccccc1=3. The molecule has 0 amide bonds. The Morgan fingerprint density at radius 3 is 2.66 bits per heavy atom. The molecule has 2 aliphatic carbocycles. The second-order valence-corrected chi connectivity index (χ2v) is 10.5. The van der Waals surface area contributed by atoms with E-state index in [0.29, 0.717) is 6.42 Å². The summed E-state index contributed by atoms with van der Waals surface area (Å²) in [6, 6.07) is 12.7. The largest absolute Gasteiger partial charge is 0.309 e. The second-order valence-electron chi connectivity index (χ2n) is 8.25. The minimum Gasteiger partial charge on any atom is -0.309 e. The number of rotatable bonds is 6. The Bertz CT molecular complexity index is 1260. The molecule has 0 unspecified atom stereocenters. The first-order valence-electron chi connectivity index (χ1n) is 10.4. The van der Waals surface area contributed by atoms with Gasteiger partial charge in [0.1, 0.15) is 0 Å². The van der Waals surface area contributed by atoms with E-state index < -0.39 is 15.1 Å². The topological polar surface area (TPSA) is 37.4 Å². The number of nitrogens with zero attached hydrogens (tertiary/aromatic N) is 1. The Kier molecular flexibility index (Phi) is 5.75. The van der Waals surface area contributed by atoms with Crippen LogP contribution in [0.15, 0.2) is 48.6 Å². The van der Waals surface area contributed by atoms with Gasteiger partial charge in [0.15, 0.2) is 9.84 Å². The van der Waals surface area contributed by atoms with Crippen LogP contribution in [0.1, 0.15) is 35.6 Å². The molecule has 29 heavy (non-hydrogen) atoms. The van der Waals surface area contributed by atoms with Crippen LogP contribution in [0.5, 0.6) is 0 Å². The van der Waals surface area contributed by atoms with Gasteiger partial charge in [0.2, 0.25) is 0 Å². The van der Waals surface area contributed by atoms with Crippen LogP contribution in [0.25, 0.3) is 12.2 Å². The third-order valence-electron chi connectivity index (χ3n) is 5.95. The quantitative estimate of drug-likeness (QED) is 0.691. The van der Waals surface area contributed by atoms with Crippen LogP contribution in [0, 0.1) is 10.4 Å². The molecule has 2 aromatic carbocycles. The zero-order chi connectivity index (χ0) is 20.4. The molecule has 0 bridgehead atoms. The Morgan fingerprint density at radius 2 is 1.83 bits per heavy atom. The predicted molar refractivity (Wildman–Crippen MR) is 121 cm³/mol. The summed E-state index contributed by atoms with van der Waals surface area (Å²) in [7, 11) is 0.810. The molecule has 0 heterocycles. The molecule has 2 aromatic rings. The molecule has 4 heteroatoms. The van der Waals surface area contributed by atoms with E-state index >= 15 is 0 Å². The van der Waals surface area contributed by atoms with Gasteiger partial charge in [-0.2, -0.15) is 0 Å². The van der Waals surface area contributed by atoms with E-state index in [1.807, 2.05) is 26.2 Å². The lowest BCUT2D eigenvalue weighted by Gasteiger charge is -2.25. The van der Waals surface area contributed by atoms with Gasteiger partial charge in [-0.05, 0) is 71.8 Å². The van der Waals surface area contributed by atoms with Crippen LogP contribution >= 0.6 is 0 Å². The van der Waals surface area contributed by atoms with Crippen molar-refractivity contribution in [3.8, 4) is 0 Å². The summed E-state index contributed by atoms with van der Waals surface area (Å²) in [5, 5.41) is 4.34. The first kappa shape index (κ1) is 20.1. The molecular weight excluding hydrogens is 378 g/mol. The first-order chi connectivity index (χ1) is 14.0. The summed E-state index contributed by atoms with van der Waals surface area (Å²) in [6.45, 7) is 0.931. The number of sulfone groups is 1. The third-order valence-corrected chi connectivity index (χ3v) is 7.95. The zero-order valence-electron chi connectivity index (χ0n) is 17.3. The lowest BCUT2D eigenvalue weighted by Crippen LogP contribution is -2.28. The molecule has 0 radical (unpaired) electrons. The standard InChI is InChI=1S/C25H29NO2S/c1-26(2)17-6-3-7-18-29(27,28)24-12-8-10-20-14-15-22-21-11-5-4-9-19(21)13-16-23(22)25(20)24/h3-5,7,9-11,13-15,24H,6,8,12,16-18H2,1-2H3/t24-/m1/s1. The van der Waals surface area contributed by atoms with Crippen molar-refractivity contribution < 1.29 is 8.42 Å². The van der Waals surface area contributed by atoms with Gasteiger partial charge in [0.25, 0.3) is 0 Å². The maximum atomic E-state index is 13.3. The monoisotopic (exact) mass is 407 g/mol. The average Bonchev–Trinajstić information content (AvgIpc) is 2.72. The minimum absolute atomic E-state index is 0.120. The van der Waals surface area contributed by atoms with Crippen molar-refractivity contribution in [1.82, 2.24) is 4.90 Å². The molecule has 0 saturated heterocycles. The Morgan fingerprint density at radius 1 is 1.00 bits per heavy atom. The third kappa shape index (κ3) is 4.10. The van der Waals surface area contributed by atoms with Crippen molar-refractivity contribution in [1.29, 1.82) is 0 Å². The van der Waals surface area contributed by atoms with Gasteiger partial charge in [-0.3, -0.25) is 0 Å². The number of hydrogen-bond donors (Lipinski definition) is 0. The van der Waals surface area contributed by atoms with E-state index in [1.165, 1.54) is 21.2 Å². The van der Waals surface area contributed by atoms with Crippen LogP contribution in [-0.4, -0.2) is 39.7 Å². The summed E-state index contributed by atoms with van der Waals surface area (Å²) in [5.41, 5.74) is 2.24. The van der Waals surface area contributed by atoms with Gasteiger partial charge >= 0.3 is 0 Å². The highest BCUT2D eigenvalue weighted by Gasteiger charge is 2.30. The average molecular weight is 408 g/mol. The van der Waals surface area contributed by atoms with Crippen LogP contribution in [0.2, 0.25) is 0 Å². The van der Waals surface area contributed by atoms with Crippen molar-refractivity contribution in [2.75, 3.05) is 26.4 Å². The van der Waals surface area contributed by atoms with E-state index in [4.69, 9.17) is 0 Å². The van der Waals surface area contributed by atoms with Gasteiger partial charge in [0, 0.05) is 6.54 Å². The lowest BCUT2D eigenvalue weighted by molar-refractivity contribution is 0.417. The molecule has 0 aliphatic heterocycles. The normalized spacial score (nSPS) is 18.0. The molecule has 0 fully saturated rings. The highest BCUT2D eigenvalue weighted by molar-refractivity contribution is 7.91. The van der Waals surface area contributed by atoms with Crippen molar-refractivity contribution in [2.24, 2.45) is 0 Å². The fourth-order valence-corrected chi connectivity index (χ4v) is 6.28. The van der Waals surface area contributed by atoms with Crippen molar-refractivity contribution in [3.05, 3.63) is 80.6 Å². The molecule has 1 atom stereocenters. The molecule has 152 valence electrons. The van der Waals surface area contributed by atoms with Crippen molar-refractivity contribution in [2.45, 2.75) is 30.9 Å². The Labute approximate surface area is 173 Å². The van der Waals surface area contributed by atoms with E-state index in [-0.39, 0.29) is 5.75 Å². The van der Waals surface area contributed by atoms with Gasteiger partial charge in [-0.15, -0.1) is 0 Å². The summed E-state index contributed by atoms with van der Waals surface area (Å²) in [5.74, 6) is 0.120. The first-order valence-corrected chi connectivity index (χ1v) is 12.1. The van der Waals surface area contributed by atoms with Crippen LogP contribution < -0.4 is 10.4 Å². The fraction of sp³-hybridized carbons (Fsp3) is 0.360. The van der Waals surface area contributed by atoms with Crippen LogP contribution in [-0.2, 0) is 16.3 Å². The minimum atomic E-state index is -3.24. The number of fused-ring (bicyclic) bond motifs is 4. The number of benzene rings is 2. The van der Waals surface area contributed by atoms with E-state index in [9.17, 15) is 8.42 Å². The maximum absolute atomic E-state index is 13.3. The lowest BCUT2D eigenvalue weighted by atomic mass is 9.88. The van der Waals surface area contributed by atoms with Crippen molar-refractivity contribution >= 4 is 22.0 Å². The van der Waals surface area contributed by atoms with Gasteiger partial charge in [-0.1, -0.05) is 60.7 Å². The fourth-order valence-electron chi connectivity index (χ4n) is 4.51. The summed E-state index contributed by atoms with van der Waals surface area (Å²) < 4.78 is 26.6. The summed E-state index contributed by atoms with van der Waals surface area (Å²) in [6.07, 6.45) is 11.4. The predicted octanol–water partition coefficient (Wildman–Crippen LogP) is 2.85. The molecule has 4 rings (SSSR count). The van der Waals surface area contributed by atoms with Gasteiger partial charge < -0.3 is 4.90 Å². The van der Waals surface area contributed by atoms with E-state index in [1.54, 1.807) is 0 Å². The molecule has 0 saturated carbocycles. The number of hydrogen-bond acceptors (Lipinski definition) is 3. The van der Waals surface area contributed by atoms with E-state index in [0.717, 1.165) is 36.6 Å². The molecule has 0 aromatic heterocycles. The van der Waals surface area contributed by atoms with Gasteiger partial charge in [0.05, 0.1) is 11.0 Å². The zero-order valence-corrected chi connectivity index (χ0v) is 18.1. The van der Waals surface area contributed by atoms with Crippen LogP contribution in [0.4, 0.5) is 0 Å². The Balaban J connectivity index is 1.75. The smallest absolute Gasteiger partial charge is 0.160 e. The van der Waals surface area contributed by atoms with E-state index in [2.05, 4.69) is 53.5 Å². The second kappa shape index (κ2) is 8.29. The van der Waals surface area contributed by atoms with Crippen LogP contribution in [0.3, 0.4) is 0 Å². The highest BCUT2D eigenvalue weighted by Crippen LogP contribution is 2.32.